The predicted molar refractivity (Wildman–Crippen MR) is 681 cm³/mol. The van der Waals surface area contributed by atoms with Gasteiger partial charge in [-0.25, -0.2) is 0 Å². The molecule has 0 aliphatic heterocycles. The van der Waals surface area contributed by atoms with Crippen LogP contribution in [-0.2, 0) is 186 Å². The summed E-state index contributed by atoms with van der Waals surface area (Å²) in [4.78, 5) is 12.5. The van der Waals surface area contributed by atoms with Gasteiger partial charge in [-0.05, 0) is 294 Å². The van der Waals surface area contributed by atoms with Gasteiger partial charge >= 0.3 is 0 Å². The molecule has 0 heterocycles. The number of hydrogen-bond donors (Lipinski definition) is 0. The number of thiocarbonyl (C=S) groups is 6. The maximum Gasteiger partial charge on any atom is 0.197 e. The first-order valence-corrected chi connectivity index (χ1v) is 58.5. The van der Waals surface area contributed by atoms with Gasteiger partial charge in [-0.2, -0.15) is 4.21 Å². The zero-order valence-electron chi connectivity index (χ0n) is 89.0. The van der Waals surface area contributed by atoms with Crippen molar-refractivity contribution in [2.24, 2.45) is 0 Å². The number of nitrogens with zero attached hydrogens (tertiary/aromatic N) is 6. The Morgan fingerprint density at radius 1 is 0.156 bits per heavy atom. The third-order valence-electron chi connectivity index (χ3n) is 25.5. The van der Waals surface area contributed by atoms with Crippen LogP contribution in [0.5, 0.6) is 0 Å². The molecular formula is C126H156MoN6OS13-6. The number of unbranched alkanes of at least 4 members (excludes halogenated alkanes) is 12. The first-order chi connectivity index (χ1) is 71.1. The fraction of sp³-hybridized carbons (Fsp3) is 0.381. The van der Waals surface area contributed by atoms with Crippen molar-refractivity contribution in [3.8, 4) is 0 Å². The summed E-state index contributed by atoms with van der Waals surface area (Å²) in [5.74, 6) is 0. The van der Waals surface area contributed by atoms with E-state index in [4.69, 9.17) is 153 Å². The van der Waals surface area contributed by atoms with Crippen LogP contribution in [0.1, 0.15) is 304 Å². The maximum atomic E-state index is 7.83. The van der Waals surface area contributed by atoms with Crippen molar-refractivity contribution in [3.05, 3.63) is 358 Å². The van der Waals surface area contributed by atoms with E-state index >= 15 is 0 Å². The molecule has 0 radical (unpaired) electrons. The van der Waals surface area contributed by atoms with Gasteiger partial charge in [0.05, 0.1) is 0 Å². The summed E-state index contributed by atoms with van der Waals surface area (Å²) in [5, 5.41) is 0. The summed E-state index contributed by atoms with van der Waals surface area (Å²) < 4.78 is 10.8. The van der Waals surface area contributed by atoms with Crippen molar-refractivity contribution >= 4 is 256 Å². The predicted octanol–water partition coefficient (Wildman–Crippen LogP) is 37.7. The summed E-state index contributed by atoms with van der Waals surface area (Å²) in [5.41, 5.74) is 29.4. The monoisotopic (exact) mass is 2280 g/mol. The van der Waals surface area contributed by atoms with Crippen molar-refractivity contribution in [2.75, 3.05) is 29.4 Å². The molecule has 0 bridgehead atoms. The van der Waals surface area contributed by atoms with Crippen molar-refractivity contribution in [1.29, 1.82) is 0 Å². The minimum atomic E-state index is 0. The Morgan fingerprint density at radius 2 is 0.224 bits per heavy atom. The third-order valence-corrected chi connectivity index (χ3v) is 27.7. The van der Waals surface area contributed by atoms with Gasteiger partial charge in [0.25, 0.3) is 0 Å². The molecule has 0 unspecified atom stereocenters. The van der Waals surface area contributed by atoms with Crippen LogP contribution in [0.4, 0.5) is 68.2 Å². The van der Waals surface area contributed by atoms with Crippen LogP contribution in [0.2, 0.25) is 0 Å². The van der Waals surface area contributed by atoms with Crippen LogP contribution < -0.4 is 29.4 Å². The molecule has 0 aliphatic rings. The van der Waals surface area contributed by atoms with E-state index < -0.39 is 0 Å². The molecule has 0 spiro atoms. The maximum absolute atomic E-state index is 7.83. The van der Waals surface area contributed by atoms with Gasteiger partial charge in [0.1, 0.15) is 0 Å². The number of benzene rings is 12. The molecule has 0 amide bonds. The van der Waals surface area contributed by atoms with Gasteiger partial charge in [0, 0.05) is 89.3 Å². The summed E-state index contributed by atoms with van der Waals surface area (Å²) >= 11 is 68.4. The van der Waals surface area contributed by atoms with Crippen LogP contribution in [0.25, 0.3) is 0 Å². The Labute approximate surface area is 972 Å². The zero-order chi connectivity index (χ0) is 106. The topological polar surface area (TPSA) is 36.5 Å². The van der Waals surface area contributed by atoms with E-state index in [1.165, 1.54) is 221 Å². The van der Waals surface area contributed by atoms with Crippen molar-refractivity contribution in [2.45, 2.75) is 314 Å². The first-order valence-electron chi connectivity index (χ1n) is 53.3. The van der Waals surface area contributed by atoms with Crippen molar-refractivity contribution in [3.63, 3.8) is 0 Å². The molecule has 12 aromatic carbocycles. The summed E-state index contributed by atoms with van der Waals surface area (Å²) in [7, 11) is 0. The summed E-state index contributed by atoms with van der Waals surface area (Å²) in [6.45, 7) is 26.6. The van der Waals surface area contributed by atoms with Gasteiger partial charge in [0.2, 0.25) is 0 Å². The van der Waals surface area contributed by atoms with E-state index in [9.17, 15) is 0 Å². The fourth-order valence-electron chi connectivity index (χ4n) is 17.7. The molecule has 0 saturated heterocycles. The van der Waals surface area contributed by atoms with Gasteiger partial charge in [-0.3, -0.25) is 0 Å². The van der Waals surface area contributed by atoms with Crippen molar-refractivity contribution in [1.82, 2.24) is 0 Å². The van der Waals surface area contributed by atoms with Crippen LogP contribution >= 0.6 is 73.3 Å². The fourth-order valence-corrected chi connectivity index (χ4v) is 20.0. The van der Waals surface area contributed by atoms with Crippen LogP contribution in [0, 0.1) is 0 Å². The number of hydrogen-bond acceptors (Lipinski definition) is 14. The Bertz CT molecular complexity index is 4640. The molecule has 0 aromatic heterocycles. The Hall–Kier alpha value is -7.99. The number of anilines is 12. The summed E-state index contributed by atoms with van der Waals surface area (Å²) in [6, 6.07) is 102. The second kappa shape index (κ2) is 76.5. The normalized spacial score (nSPS) is 10.4. The van der Waals surface area contributed by atoms with Gasteiger partial charge in [-0.15, -0.1) is 0 Å². The Morgan fingerprint density at radius 3 is 0.286 bits per heavy atom. The van der Waals surface area contributed by atoms with E-state index in [0.717, 1.165) is 145 Å². The number of para-hydroxylation sites is 12. The average molecular weight is 2280 g/mol. The second-order valence-electron chi connectivity index (χ2n) is 36.4. The molecule has 12 aromatic rings. The standard InChI is InChI=1S/6C21H27NS2.Mo.OS/c6*1-3-5-11-17-13-7-9-15-19(17)22(21(23)24)20-16-10-8-14-18(20)12-6-4-2;;1-2/h6*7-10,13-16H,3-6,11-12H2,1-2H3,(H,23,24);;/p-6. The first kappa shape index (κ1) is 129. The minimum absolute atomic E-state index is 0. The molecule has 0 saturated carbocycles. The summed E-state index contributed by atoms with van der Waals surface area (Å²) in [6.07, 6.45) is 40.9. The molecule has 0 atom stereocenters. The van der Waals surface area contributed by atoms with E-state index in [1.807, 2.05) is 0 Å². The Kier molecular flexibility index (Phi) is 67.4. The van der Waals surface area contributed by atoms with E-state index in [-0.39, 0.29) is 21.1 Å². The molecule has 7 nitrogen and oxygen atoms in total. The van der Waals surface area contributed by atoms with Gasteiger partial charge in [-0.1, -0.05) is 404 Å². The zero-order valence-corrected chi connectivity index (χ0v) is 102. The average Bonchev–Trinajstić information content (AvgIpc) is 0.825. The number of rotatable bonds is 48. The SMILES string of the molecule is CCCCc1ccccc1N(C(=S)[S-])c1ccccc1CCCC.CCCCc1ccccc1N(C(=S)[S-])c1ccccc1CCCC.CCCCc1ccccc1N(C(=S)[S-])c1ccccc1CCCC.CCCCc1ccccc1N(C(=S)[S-])c1ccccc1CCCC.CCCCc1ccccc1N(C(=S)[S-])c1ccccc1CCCC.CCCCc1ccccc1N(C(=S)[S-])c1ccccc1CCCC.O=S.[Mo]. The molecule has 0 N–H and O–H groups in total. The minimum Gasteiger partial charge on any atom is -0.411 e. The molecular weight excluding hydrogens is 2130 g/mol. The Balaban J connectivity index is 0.000000309. The quantitative estimate of drug-likeness (QED) is 0.0206. The van der Waals surface area contributed by atoms with E-state index in [0.29, 0.717) is 25.9 Å². The molecule has 0 fully saturated rings. The van der Waals surface area contributed by atoms with Gasteiger partial charge < -0.3 is 178 Å². The second-order valence-corrected chi connectivity index (χ2v) is 42.6. The van der Waals surface area contributed by atoms with E-state index in [2.05, 4.69) is 416 Å². The molecule has 12 rings (SSSR count). The van der Waals surface area contributed by atoms with Crippen molar-refractivity contribution < 1.29 is 25.3 Å². The molecule has 0 aliphatic carbocycles. The number of aryl methyl sites for hydroxylation is 12. The van der Waals surface area contributed by atoms with Crippen LogP contribution in [0.3, 0.4) is 0 Å². The van der Waals surface area contributed by atoms with Crippen LogP contribution in [0.15, 0.2) is 291 Å². The van der Waals surface area contributed by atoms with Crippen LogP contribution in [-0.4, -0.2) is 30.1 Å². The largest absolute Gasteiger partial charge is 0.411 e. The van der Waals surface area contributed by atoms with Gasteiger partial charge in [0.15, 0.2) is 12.5 Å². The molecule has 21 heteroatoms. The molecule has 786 valence electrons. The smallest absolute Gasteiger partial charge is 0.197 e. The third kappa shape index (κ3) is 42.9. The van der Waals surface area contributed by atoms with E-state index in [1.54, 1.807) is 0 Å². The molecule has 147 heavy (non-hydrogen) atoms.